The summed E-state index contributed by atoms with van der Waals surface area (Å²) in [6.45, 7) is 1.38. The minimum absolute atomic E-state index is 0.450. The van der Waals surface area contributed by atoms with Crippen molar-refractivity contribution in [1.82, 2.24) is 29.5 Å². The van der Waals surface area contributed by atoms with Crippen LogP contribution in [0.3, 0.4) is 0 Å². The lowest BCUT2D eigenvalue weighted by molar-refractivity contribution is 0.908. The molecule has 192 valence electrons. The fourth-order valence-electron chi connectivity index (χ4n) is 4.42. The van der Waals surface area contributed by atoms with Crippen LogP contribution >= 0.6 is 0 Å². The molecule has 6 aromatic rings. The number of para-hydroxylation sites is 2. The standard InChI is InChI=1S/C30H27N9/c1-38(25-14-16-31-17-15-25)20-23-10-7-11-24(18-23)35-28-33-21-34-30(37-28)39-27-13-6-5-12-26(27)36-29(39)32-19-22-8-3-2-4-9-22/h2-18,21H,19-20H2,1H3,(H,32,36)(H,33,34,35,37). The number of nitrogens with one attached hydrogen (secondary N) is 2. The van der Waals surface area contributed by atoms with Crippen molar-refractivity contribution in [3.63, 3.8) is 0 Å². The molecule has 0 fully saturated rings. The molecule has 0 amide bonds. The highest BCUT2D eigenvalue weighted by atomic mass is 15.3. The van der Waals surface area contributed by atoms with E-state index >= 15 is 0 Å². The summed E-state index contributed by atoms with van der Waals surface area (Å²) in [5.74, 6) is 1.59. The summed E-state index contributed by atoms with van der Waals surface area (Å²) in [4.78, 5) is 24.7. The number of hydrogen-bond acceptors (Lipinski definition) is 8. The topological polar surface area (TPSA) is 96.7 Å². The molecule has 9 nitrogen and oxygen atoms in total. The Morgan fingerprint density at radius 2 is 1.59 bits per heavy atom. The summed E-state index contributed by atoms with van der Waals surface area (Å²) in [6.07, 6.45) is 5.12. The predicted molar refractivity (Wildman–Crippen MR) is 154 cm³/mol. The van der Waals surface area contributed by atoms with Gasteiger partial charge in [0.25, 0.3) is 0 Å². The Morgan fingerprint density at radius 3 is 2.46 bits per heavy atom. The van der Waals surface area contributed by atoms with E-state index in [0.717, 1.165) is 40.1 Å². The van der Waals surface area contributed by atoms with E-state index < -0.39 is 0 Å². The third kappa shape index (κ3) is 5.52. The third-order valence-corrected chi connectivity index (χ3v) is 6.32. The van der Waals surface area contributed by atoms with Crippen LogP contribution < -0.4 is 15.5 Å². The van der Waals surface area contributed by atoms with Crippen molar-refractivity contribution in [2.75, 3.05) is 22.6 Å². The van der Waals surface area contributed by atoms with Gasteiger partial charge in [-0.3, -0.25) is 4.98 Å². The molecule has 0 radical (unpaired) electrons. The van der Waals surface area contributed by atoms with Gasteiger partial charge in [-0.1, -0.05) is 54.6 Å². The molecule has 0 aliphatic rings. The van der Waals surface area contributed by atoms with Crippen LogP contribution in [0.25, 0.3) is 17.0 Å². The Kier molecular flexibility index (Phi) is 6.77. The molecule has 0 saturated heterocycles. The number of aromatic nitrogens is 6. The maximum absolute atomic E-state index is 4.80. The molecule has 2 N–H and O–H groups in total. The van der Waals surface area contributed by atoms with Crippen LogP contribution in [0.4, 0.5) is 23.3 Å². The van der Waals surface area contributed by atoms with Crippen molar-refractivity contribution in [2.45, 2.75) is 13.1 Å². The van der Waals surface area contributed by atoms with Gasteiger partial charge >= 0.3 is 0 Å². The molecule has 0 bridgehead atoms. The second-order valence-electron chi connectivity index (χ2n) is 9.09. The van der Waals surface area contributed by atoms with Crippen LogP contribution in [0.5, 0.6) is 0 Å². The molecule has 3 heterocycles. The van der Waals surface area contributed by atoms with E-state index in [1.165, 1.54) is 6.33 Å². The number of anilines is 4. The van der Waals surface area contributed by atoms with Crippen LogP contribution in [0.1, 0.15) is 11.1 Å². The van der Waals surface area contributed by atoms with Gasteiger partial charge in [0.1, 0.15) is 6.33 Å². The van der Waals surface area contributed by atoms with Crippen molar-refractivity contribution in [3.05, 3.63) is 121 Å². The van der Waals surface area contributed by atoms with E-state index in [9.17, 15) is 0 Å². The first-order valence-electron chi connectivity index (χ1n) is 12.6. The number of hydrogen-bond donors (Lipinski definition) is 2. The van der Waals surface area contributed by atoms with Crippen LogP contribution in [0.15, 0.2) is 110 Å². The summed E-state index contributed by atoms with van der Waals surface area (Å²) in [7, 11) is 2.06. The zero-order valence-corrected chi connectivity index (χ0v) is 21.4. The van der Waals surface area contributed by atoms with E-state index in [1.807, 2.05) is 71.3 Å². The number of pyridine rings is 1. The van der Waals surface area contributed by atoms with Gasteiger partial charge in [-0.2, -0.15) is 4.98 Å². The molecule has 39 heavy (non-hydrogen) atoms. The molecule has 0 saturated carbocycles. The van der Waals surface area contributed by atoms with Crippen molar-refractivity contribution in [2.24, 2.45) is 0 Å². The first kappa shape index (κ1) is 24.1. The molecule has 0 atom stereocenters. The maximum Gasteiger partial charge on any atom is 0.241 e. The quantitative estimate of drug-likeness (QED) is 0.258. The lowest BCUT2D eigenvalue weighted by Gasteiger charge is -2.19. The fourth-order valence-corrected chi connectivity index (χ4v) is 4.42. The Bertz CT molecular complexity index is 1680. The van der Waals surface area contributed by atoms with Crippen LogP contribution in [0, 0.1) is 0 Å². The van der Waals surface area contributed by atoms with Crippen LogP contribution in [0.2, 0.25) is 0 Å². The Balaban J connectivity index is 1.25. The van der Waals surface area contributed by atoms with Gasteiger partial charge in [0.15, 0.2) is 0 Å². The van der Waals surface area contributed by atoms with Gasteiger partial charge in [-0.05, 0) is 47.5 Å². The number of imidazole rings is 1. The maximum atomic E-state index is 4.80. The lowest BCUT2D eigenvalue weighted by Crippen LogP contribution is -2.16. The minimum atomic E-state index is 0.450. The molecule has 9 heteroatoms. The van der Waals surface area contributed by atoms with Crippen LogP contribution in [-0.2, 0) is 13.1 Å². The fraction of sp³-hybridized carbons (Fsp3) is 0.100. The predicted octanol–water partition coefficient (Wildman–Crippen LogP) is 5.60. The third-order valence-electron chi connectivity index (χ3n) is 6.32. The average Bonchev–Trinajstić information content (AvgIpc) is 3.36. The monoisotopic (exact) mass is 513 g/mol. The van der Waals surface area contributed by atoms with Gasteiger partial charge in [0.2, 0.25) is 17.8 Å². The number of nitrogens with zero attached hydrogens (tertiary/aromatic N) is 7. The first-order chi connectivity index (χ1) is 19.2. The molecule has 3 aromatic heterocycles. The summed E-state index contributed by atoms with van der Waals surface area (Å²) >= 11 is 0. The van der Waals surface area contributed by atoms with Gasteiger partial charge in [0, 0.05) is 43.9 Å². The molecule has 3 aromatic carbocycles. The summed E-state index contributed by atoms with van der Waals surface area (Å²) < 4.78 is 1.92. The average molecular weight is 514 g/mol. The van der Waals surface area contributed by atoms with E-state index in [-0.39, 0.29) is 0 Å². The summed E-state index contributed by atoms with van der Waals surface area (Å²) in [5.41, 5.74) is 6.07. The molecule has 6 rings (SSSR count). The van der Waals surface area contributed by atoms with Gasteiger partial charge < -0.3 is 15.5 Å². The van der Waals surface area contributed by atoms with Crippen molar-refractivity contribution >= 4 is 34.3 Å². The summed E-state index contributed by atoms with van der Waals surface area (Å²) in [5, 5.41) is 6.79. The number of fused-ring (bicyclic) bond motifs is 1. The Labute approximate surface area is 226 Å². The molecular weight excluding hydrogens is 486 g/mol. The zero-order valence-electron chi connectivity index (χ0n) is 21.4. The lowest BCUT2D eigenvalue weighted by atomic mass is 10.2. The normalized spacial score (nSPS) is 10.9. The molecule has 0 spiro atoms. The van der Waals surface area contributed by atoms with E-state index in [0.29, 0.717) is 24.4 Å². The van der Waals surface area contributed by atoms with E-state index in [4.69, 9.17) is 9.97 Å². The van der Waals surface area contributed by atoms with E-state index in [2.05, 4.69) is 61.8 Å². The van der Waals surface area contributed by atoms with Gasteiger partial charge in [-0.25, -0.2) is 19.5 Å². The Morgan fingerprint density at radius 1 is 0.795 bits per heavy atom. The van der Waals surface area contributed by atoms with Crippen molar-refractivity contribution < 1.29 is 0 Å². The van der Waals surface area contributed by atoms with E-state index in [1.54, 1.807) is 12.4 Å². The van der Waals surface area contributed by atoms with Crippen LogP contribution in [-0.4, -0.2) is 36.5 Å². The van der Waals surface area contributed by atoms with Gasteiger partial charge in [0.05, 0.1) is 11.0 Å². The number of benzene rings is 3. The highest BCUT2D eigenvalue weighted by Crippen LogP contribution is 2.24. The van der Waals surface area contributed by atoms with Gasteiger partial charge in [-0.15, -0.1) is 0 Å². The highest BCUT2D eigenvalue weighted by molar-refractivity contribution is 5.80. The second kappa shape index (κ2) is 11.0. The molecule has 0 unspecified atom stereocenters. The van der Waals surface area contributed by atoms with Crippen molar-refractivity contribution in [1.29, 1.82) is 0 Å². The Hall–Kier alpha value is -5.31. The summed E-state index contributed by atoms with van der Waals surface area (Å²) in [6, 6.07) is 30.4. The first-order valence-corrected chi connectivity index (χ1v) is 12.6. The molecule has 0 aliphatic carbocycles. The largest absolute Gasteiger partial charge is 0.370 e. The van der Waals surface area contributed by atoms with Crippen molar-refractivity contribution in [3.8, 4) is 5.95 Å². The number of rotatable bonds is 9. The second-order valence-corrected chi connectivity index (χ2v) is 9.09. The molecular formula is C30H27N9. The molecule has 0 aliphatic heterocycles. The highest BCUT2D eigenvalue weighted by Gasteiger charge is 2.15. The zero-order chi connectivity index (χ0) is 26.4. The minimum Gasteiger partial charge on any atom is -0.370 e. The SMILES string of the molecule is CN(Cc1cccc(Nc2ncnc(-n3c(NCc4ccccc4)nc4ccccc43)n2)c1)c1ccncc1. The smallest absolute Gasteiger partial charge is 0.241 e.